The Morgan fingerprint density at radius 2 is 2.19 bits per heavy atom. The van der Waals surface area contributed by atoms with E-state index in [9.17, 15) is 4.79 Å². The van der Waals surface area contributed by atoms with Crippen LogP contribution in [0.5, 0.6) is 0 Å². The Labute approximate surface area is 95.0 Å². The summed E-state index contributed by atoms with van der Waals surface area (Å²) < 4.78 is 1.79. The molecule has 1 aromatic heterocycles. The number of aromatic nitrogens is 3. The van der Waals surface area contributed by atoms with E-state index in [4.69, 9.17) is 5.73 Å². The molecule has 5 heteroatoms. The number of H-pyrrole nitrogens is 1. The molecule has 0 amide bonds. The number of nitrogens with one attached hydrogen (secondary N) is 1. The van der Waals surface area contributed by atoms with Crippen LogP contribution in [0.2, 0.25) is 0 Å². The maximum Gasteiger partial charge on any atom is 0.343 e. The minimum atomic E-state index is -0.138. The molecule has 1 saturated carbocycles. The van der Waals surface area contributed by atoms with E-state index in [1.54, 1.807) is 4.57 Å². The van der Waals surface area contributed by atoms with Crippen molar-refractivity contribution in [3.8, 4) is 0 Å². The van der Waals surface area contributed by atoms with Crippen molar-refractivity contribution in [1.29, 1.82) is 0 Å². The smallest absolute Gasteiger partial charge is 0.321 e. The fourth-order valence-electron chi connectivity index (χ4n) is 2.45. The van der Waals surface area contributed by atoms with Crippen molar-refractivity contribution >= 4 is 0 Å². The first kappa shape index (κ1) is 11.4. The van der Waals surface area contributed by atoms with Crippen LogP contribution in [-0.4, -0.2) is 14.8 Å². The summed E-state index contributed by atoms with van der Waals surface area (Å²) in [7, 11) is 0. The van der Waals surface area contributed by atoms with Crippen molar-refractivity contribution < 1.29 is 0 Å². The third kappa shape index (κ3) is 2.04. The van der Waals surface area contributed by atoms with Crippen LogP contribution in [0.3, 0.4) is 0 Å². The van der Waals surface area contributed by atoms with Gasteiger partial charge in [0.1, 0.15) is 0 Å². The SMILES string of the molecule is CC[C@H](N)c1n[nH]c(=O)n1C1CCCCC1. The van der Waals surface area contributed by atoms with Crippen molar-refractivity contribution in [2.45, 2.75) is 57.5 Å². The lowest BCUT2D eigenvalue weighted by Gasteiger charge is -2.24. The van der Waals surface area contributed by atoms with Gasteiger partial charge in [0.2, 0.25) is 0 Å². The molecule has 0 spiro atoms. The lowest BCUT2D eigenvalue weighted by atomic mass is 9.95. The molecular formula is C11H20N4O. The number of aromatic amines is 1. The molecule has 3 N–H and O–H groups in total. The third-order valence-corrected chi connectivity index (χ3v) is 3.44. The van der Waals surface area contributed by atoms with E-state index < -0.39 is 0 Å². The Morgan fingerprint density at radius 1 is 1.50 bits per heavy atom. The summed E-state index contributed by atoms with van der Waals surface area (Å²) in [6.07, 6.45) is 6.62. The average Bonchev–Trinajstić information content (AvgIpc) is 2.71. The zero-order valence-electron chi connectivity index (χ0n) is 9.78. The third-order valence-electron chi connectivity index (χ3n) is 3.44. The van der Waals surface area contributed by atoms with Crippen molar-refractivity contribution in [3.63, 3.8) is 0 Å². The van der Waals surface area contributed by atoms with Crippen molar-refractivity contribution in [2.24, 2.45) is 5.73 Å². The Bertz CT molecular complexity index is 389. The summed E-state index contributed by atoms with van der Waals surface area (Å²) >= 11 is 0. The summed E-state index contributed by atoms with van der Waals surface area (Å²) in [5, 5.41) is 6.59. The minimum Gasteiger partial charge on any atom is -0.321 e. The second kappa shape index (κ2) is 4.82. The summed E-state index contributed by atoms with van der Waals surface area (Å²) in [5.41, 5.74) is 5.87. The van der Waals surface area contributed by atoms with Crippen molar-refractivity contribution in [3.05, 3.63) is 16.3 Å². The van der Waals surface area contributed by atoms with Gasteiger partial charge in [-0.25, -0.2) is 9.89 Å². The van der Waals surface area contributed by atoms with E-state index in [0.29, 0.717) is 6.04 Å². The maximum absolute atomic E-state index is 11.7. The van der Waals surface area contributed by atoms with Crippen LogP contribution in [0.4, 0.5) is 0 Å². The standard InChI is InChI=1S/C11H20N4O/c1-2-9(12)10-13-14-11(16)15(10)8-6-4-3-5-7-8/h8-9H,2-7,12H2,1H3,(H,14,16)/t9-/m0/s1. The topological polar surface area (TPSA) is 76.7 Å². The molecule has 0 aliphatic heterocycles. The molecule has 0 bridgehead atoms. The van der Waals surface area contributed by atoms with Crippen molar-refractivity contribution in [1.82, 2.24) is 14.8 Å². The van der Waals surface area contributed by atoms with Crippen LogP contribution in [0.1, 0.15) is 63.4 Å². The van der Waals surface area contributed by atoms with Crippen LogP contribution >= 0.6 is 0 Å². The summed E-state index contributed by atoms with van der Waals surface area (Å²) in [4.78, 5) is 11.7. The number of rotatable bonds is 3. The van der Waals surface area contributed by atoms with E-state index in [2.05, 4.69) is 10.2 Å². The van der Waals surface area contributed by atoms with Gasteiger partial charge in [-0.3, -0.25) is 4.57 Å². The van der Waals surface area contributed by atoms with Gasteiger partial charge in [0.05, 0.1) is 6.04 Å². The molecule has 16 heavy (non-hydrogen) atoms. The van der Waals surface area contributed by atoms with Gasteiger partial charge in [-0.15, -0.1) is 0 Å². The number of hydrogen-bond acceptors (Lipinski definition) is 3. The Kier molecular flexibility index (Phi) is 3.43. The lowest BCUT2D eigenvalue weighted by molar-refractivity contribution is 0.333. The largest absolute Gasteiger partial charge is 0.343 e. The van der Waals surface area contributed by atoms with Crippen LogP contribution in [-0.2, 0) is 0 Å². The highest BCUT2D eigenvalue weighted by Crippen LogP contribution is 2.28. The van der Waals surface area contributed by atoms with Crippen LogP contribution in [0.15, 0.2) is 4.79 Å². The molecule has 0 radical (unpaired) electrons. The van der Waals surface area contributed by atoms with E-state index in [1.165, 1.54) is 19.3 Å². The van der Waals surface area contributed by atoms with E-state index >= 15 is 0 Å². The molecule has 2 rings (SSSR count). The highest BCUT2D eigenvalue weighted by atomic mass is 16.1. The van der Waals surface area contributed by atoms with Gasteiger partial charge in [-0.2, -0.15) is 5.10 Å². The van der Waals surface area contributed by atoms with E-state index in [0.717, 1.165) is 25.1 Å². The van der Waals surface area contributed by atoms with Gasteiger partial charge >= 0.3 is 5.69 Å². The van der Waals surface area contributed by atoms with Crippen molar-refractivity contribution in [2.75, 3.05) is 0 Å². The lowest BCUT2D eigenvalue weighted by Crippen LogP contribution is -2.28. The predicted octanol–water partition coefficient (Wildman–Crippen LogP) is 1.49. The van der Waals surface area contributed by atoms with Gasteiger partial charge in [-0.1, -0.05) is 26.2 Å². The Balaban J connectivity index is 2.30. The molecule has 0 saturated heterocycles. The molecule has 1 aliphatic rings. The number of nitrogens with zero attached hydrogens (tertiary/aromatic N) is 2. The molecule has 0 aromatic carbocycles. The van der Waals surface area contributed by atoms with Gasteiger partial charge in [-0.05, 0) is 19.3 Å². The maximum atomic E-state index is 11.7. The molecule has 1 aliphatic carbocycles. The Hall–Kier alpha value is -1.10. The normalized spacial score (nSPS) is 19.9. The fourth-order valence-corrected chi connectivity index (χ4v) is 2.45. The predicted molar refractivity (Wildman–Crippen MR) is 62.2 cm³/mol. The molecule has 0 unspecified atom stereocenters. The van der Waals surface area contributed by atoms with Gasteiger partial charge in [0.25, 0.3) is 0 Å². The van der Waals surface area contributed by atoms with Gasteiger partial charge in [0, 0.05) is 6.04 Å². The Morgan fingerprint density at radius 3 is 2.81 bits per heavy atom. The minimum absolute atomic E-state index is 0.106. The first-order valence-electron chi connectivity index (χ1n) is 6.16. The van der Waals surface area contributed by atoms with E-state index in [-0.39, 0.29) is 11.7 Å². The molecule has 5 nitrogen and oxygen atoms in total. The molecule has 1 atom stereocenters. The monoisotopic (exact) mass is 224 g/mol. The second-order valence-corrected chi connectivity index (χ2v) is 4.56. The molecule has 90 valence electrons. The van der Waals surface area contributed by atoms with Gasteiger partial charge in [0.15, 0.2) is 5.82 Å². The zero-order valence-corrected chi connectivity index (χ0v) is 9.78. The van der Waals surface area contributed by atoms with E-state index in [1.807, 2.05) is 6.92 Å². The van der Waals surface area contributed by atoms with Gasteiger partial charge < -0.3 is 5.73 Å². The first-order chi connectivity index (χ1) is 7.74. The highest BCUT2D eigenvalue weighted by Gasteiger charge is 2.23. The molecular weight excluding hydrogens is 204 g/mol. The summed E-state index contributed by atoms with van der Waals surface area (Å²) in [5.74, 6) is 0.722. The molecule has 1 fully saturated rings. The summed E-state index contributed by atoms with van der Waals surface area (Å²) in [6, 6.07) is 0.161. The first-order valence-corrected chi connectivity index (χ1v) is 6.16. The quantitative estimate of drug-likeness (QED) is 0.816. The molecule has 1 heterocycles. The summed E-state index contributed by atoms with van der Waals surface area (Å²) in [6.45, 7) is 2.01. The number of nitrogens with two attached hydrogens (primary N) is 1. The molecule has 1 aromatic rings. The zero-order chi connectivity index (χ0) is 11.5. The number of hydrogen-bond donors (Lipinski definition) is 2. The van der Waals surface area contributed by atoms with Crippen LogP contribution < -0.4 is 11.4 Å². The average molecular weight is 224 g/mol. The highest BCUT2D eigenvalue weighted by molar-refractivity contribution is 4.96. The fraction of sp³-hybridized carbons (Fsp3) is 0.818. The van der Waals surface area contributed by atoms with Crippen LogP contribution in [0.25, 0.3) is 0 Å². The van der Waals surface area contributed by atoms with Crippen LogP contribution in [0, 0.1) is 0 Å². The second-order valence-electron chi connectivity index (χ2n) is 4.56.